The molecule has 4 rings (SSSR count). The predicted octanol–water partition coefficient (Wildman–Crippen LogP) is 0.0691. The van der Waals surface area contributed by atoms with E-state index in [2.05, 4.69) is 82.3 Å². The first-order chi connectivity index (χ1) is 10.9. The Morgan fingerprint density at radius 2 is 1.65 bits per heavy atom. The SMILES string of the molecule is CC1C=C(C(C)(C)C)C=C1c1[c-]c2c(cc1)-c1ccccc1C2.[Cl-].[Cl-].[Zr+3]. The van der Waals surface area contributed by atoms with Gasteiger partial charge in [-0.3, -0.25) is 0 Å². The average Bonchev–Trinajstić information content (AvgIpc) is 3.06. The Balaban J connectivity index is 0.00000113. The molecule has 133 valence electrons. The van der Waals surface area contributed by atoms with Gasteiger partial charge in [0.2, 0.25) is 0 Å². The van der Waals surface area contributed by atoms with Gasteiger partial charge in [0.1, 0.15) is 0 Å². The first-order valence-corrected chi connectivity index (χ1v) is 8.51. The van der Waals surface area contributed by atoms with Gasteiger partial charge in [-0.15, -0.1) is 34.9 Å². The van der Waals surface area contributed by atoms with Crippen LogP contribution in [0.15, 0.2) is 54.1 Å². The number of benzene rings is 2. The Hall–Kier alpha value is -0.617. The number of hydrogen-bond acceptors (Lipinski definition) is 0. The number of rotatable bonds is 1. The smallest absolute Gasteiger partial charge is 1.00 e. The van der Waals surface area contributed by atoms with Crippen LogP contribution in [0.2, 0.25) is 0 Å². The van der Waals surface area contributed by atoms with Crippen molar-refractivity contribution in [1.82, 2.24) is 0 Å². The van der Waals surface area contributed by atoms with E-state index in [-0.39, 0.29) is 56.4 Å². The van der Waals surface area contributed by atoms with Crippen molar-refractivity contribution in [3.05, 3.63) is 76.9 Å². The topological polar surface area (TPSA) is 0 Å². The summed E-state index contributed by atoms with van der Waals surface area (Å²) in [6.07, 6.45) is 5.80. The zero-order valence-corrected chi connectivity index (χ0v) is 19.6. The van der Waals surface area contributed by atoms with Crippen LogP contribution < -0.4 is 24.8 Å². The molecular formula is C23H23Cl2Zr. The van der Waals surface area contributed by atoms with Gasteiger partial charge in [0.25, 0.3) is 0 Å². The van der Waals surface area contributed by atoms with Gasteiger partial charge in [-0.2, -0.15) is 0 Å². The standard InChI is InChI=1S/C23H23.2ClH.Zr/c1-15-11-19(23(2,3)4)14-22(15)17-9-10-21-18(13-17)12-16-7-5-6-8-20(16)21;;;/h5-11,14-15H,12H2,1-4H3;2*1H;/q-1;;;+3/p-2. The maximum atomic E-state index is 3.71. The molecule has 0 spiro atoms. The van der Waals surface area contributed by atoms with Crippen molar-refractivity contribution in [2.24, 2.45) is 11.3 Å². The molecule has 0 N–H and O–H groups in total. The molecule has 1 unspecified atom stereocenters. The first kappa shape index (κ1) is 23.4. The second-order valence-corrected chi connectivity index (χ2v) is 7.86. The van der Waals surface area contributed by atoms with Crippen molar-refractivity contribution in [2.45, 2.75) is 34.1 Å². The molecule has 3 heteroatoms. The quantitative estimate of drug-likeness (QED) is 0.450. The number of allylic oxidation sites excluding steroid dienone is 4. The van der Waals surface area contributed by atoms with E-state index in [4.69, 9.17) is 0 Å². The molecule has 0 heterocycles. The molecule has 0 saturated carbocycles. The molecule has 0 aliphatic heterocycles. The molecule has 2 aromatic rings. The molecule has 1 radical (unpaired) electrons. The van der Waals surface area contributed by atoms with E-state index in [9.17, 15) is 0 Å². The Morgan fingerprint density at radius 3 is 2.31 bits per heavy atom. The van der Waals surface area contributed by atoms with Gasteiger partial charge in [0.15, 0.2) is 0 Å². The van der Waals surface area contributed by atoms with Crippen molar-refractivity contribution in [3.63, 3.8) is 0 Å². The van der Waals surface area contributed by atoms with Crippen LogP contribution in [0.4, 0.5) is 0 Å². The summed E-state index contributed by atoms with van der Waals surface area (Å²) in [5, 5.41) is 0. The van der Waals surface area contributed by atoms with Crippen LogP contribution >= 0.6 is 0 Å². The molecule has 2 aliphatic rings. The first-order valence-electron chi connectivity index (χ1n) is 8.51. The second kappa shape index (κ2) is 8.60. The minimum absolute atomic E-state index is 0. The summed E-state index contributed by atoms with van der Waals surface area (Å²) < 4.78 is 0. The Bertz CT molecular complexity index is 857. The van der Waals surface area contributed by atoms with E-state index in [1.54, 1.807) is 0 Å². The van der Waals surface area contributed by atoms with E-state index in [1.165, 1.54) is 39.0 Å². The van der Waals surface area contributed by atoms with Crippen LogP contribution in [0.25, 0.3) is 16.7 Å². The minimum atomic E-state index is 0. The van der Waals surface area contributed by atoms with E-state index in [1.807, 2.05) is 0 Å². The molecule has 26 heavy (non-hydrogen) atoms. The fourth-order valence-corrected chi connectivity index (χ4v) is 3.72. The van der Waals surface area contributed by atoms with Gasteiger partial charge in [0.05, 0.1) is 0 Å². The molecule has 0 bridgehead atoms. The second-order valence-electron chi connectivity index (χ2n) is 7.86. The van der Waals surface area contributed by atoms with Crippen molar-refractivity contribution < 1.29 is 51.0 Å². The fourth-order valence-electron chi connectivity index (χ4n) is 3.72. The number of fused-ring (bicyclic) bond motifs is 3. The van der Waals surface area contributed by atoms with E-state index >= 15 is 0 Å². The molecule has 0 nitrogen and oxygen atoms in total. The van der Waals surface area contributed by atoms with Gasteiger partial charge >= 0.3 is 26.2 Å². The largest absolute Gasteiger partial charge is 3.00 e. The van der Waals surface area contributed by atoms with E-state index < -0.39 is 0 Å². The third-order valence-corrected chi connectivity index (χ3v) is 5.11. The van der Waals surface area contributed by atoms with Crippen molar-refractivity contribution in [3.8, 4) is 11.1 Å². The molecule has 0 aromatic heterocycles. The summed E-state index contributed by atoms with van der Waals surface area (Å²) >= 11 is 0. The van der Waals surface area contributed by atoms with Crippen molar-refractivity contribution in [1.29, 1.82) is 0 Å². The van der Waals surface area contributed by atoms with Gasteiger partial charge in [-0.05, 0) is 23.3 Å². The van der Waals surface area contributed by atoms with Crippen LogP contribution in [-0.4, -0.2) is 0 Å². The maximum Gasteiger partial charge on any atom is 3.00 e. The molecule has 1 atom stereocenters. The van der Waals surface area contributed by atoms with Gasteiger partial charge in [-0.1, -0.05) is 80.8 Å². The minimum Gasteiger partial charge on any atom is -1.00 e. The summed E-state index contributed by atoms with van der Waals surface area (Å²) in [6.45, 7) is 9.15. The van der Waals surface area contributed by atoms with Crippen LogP contribution in [-0.2, 0) is 32.6 Å². The molecule has 2 aromatic carbocycles. The average molecular weight is 462 g/mol. The number of hydrogen-bond donors (Lipinski definition) is 0. The third kappa shape index (κ3) is 4.11. The summed E-state index contributed by atoms with van der Waals surface area (Å²) in [6, 6.07) is 17.0. The fraction of sp³-hybridized carbons (Fsp3) is 0.304. The van der Waals surface area contributed by atoms with E-state index in [0.717, 1.165) is 6.42 Å². The molecule has 0 amide bonds. The van der Waals surface area contributed by atoms with Crippen molar-refractivity contribution in [2.75, 3.05) is 0 Å². The monoisotopic (exact) mass is 459 g/mol. The third-order valence-electron chi connectivity index (χ3n) is 5.11. The van der Waals surface area contributed by atoms with Crippen LogP contribution in [0.1, 0.15) is 44.4 Å². The van der Waals surface area contributed by atoms with Gasteiger partial charge in [0, 0.05) is 0 Å². The zero-order chi connectivity index (χ0) is 16.2. The Labute approximate surface area is 189 Å². The van der Waals surface area contributed by atoms with Crippen LogP contribution in [0.3, 0.4) is 0 Å². The summed E-state index contributed by atoms with van der Waals surface area (Å²) in [5.41, 5.74) is 9.85. The van der Waals surface area contributed by atoms with Crippen LogP contribution in [0.5, 0.6) is 0 Å². The van der Waals surface area contributed by atoms with Crippen molar-refractivity contribution >= 4 is 5.57 Å². The maximum absolute atomic E-state index is 3.71. The summed E-state index contributed by atoms with van der Waals surface area (Å²) in [4.78, 5) is 0. The molecular weight excluding hydrogens is 438 g/mol. The van der Waals surface area contributed by atoms with Gasteiger partial charge in [-0.25, -0.2) is 0 Å². The number of halogens is 2. The normalized spacial score (nSPS) is 17.0. The van der Waals surface area contributed by atoms with E-state index in [0.29, 0.717) is 5.92 Å². The molecule has 0 fully saturated rings. The predicted molar refractivity (Wildman–Crippen MR) is 98.2 cm³/mol. The van der Waals surface area contributed by atoms with Crippen LogP contribution in [0, 0.1) is 17.4 Å². The summed E-state index contributed by atoms with van der Waals surface area (Å²) in [7, 11) is 0. The zero-order valence-electron chi connectivity index (χ0n) is 15.7. The molecule has 2 aliphatic carbocycles. The Morgan fingerprint density at radius 1 is 0.962 bits per heavy atom. The summed E-state index contributed by atoms with van der Waals surface area (Å²) in [5.74, 6) is 0.474. The molecule has 0 saturated heterocycles. The Kier molecular flexibility index (Phi) is 7.74. The van der Waals surface area contributed by atoms with Gasteiger partial charge < -0.3 is 24.8 Å².